The number of nitrogens with one attached hydrogen (secondary N) is 1. The number of pyridine rings is 1. The lowest BCUT2D eigenvalue weighted by Crippen LogP contribution is -2.12. The Hall–Kier alpha value is -2.21. The van der Waals surface area contributed by atoms with Crippen molar-refractivity contribution in [1.82, 2.24) is 4.98 Å². The quantitative estimate of drug-likeness (QED) is 0.890. The molecule has 0 saturated carbocycles. The molecular formula is C12H10N2O3S. The number of carboxylic acid groups (broad SMARTS) is 1. The third-order valence-corrected chi connectivity index (χ3v) is 3.27. The van der Waals surface area contributed by atoms with Gasteiger partial charge < -0.3 is 10.4 Å². The number of thiophene rings is 1. The van der Waals surface area contributed by atoms with Gasteiger partial charge in [-0.2, -0.15) is 0 Å². The zero-order chi connectivity index (χ0) is 13.1. The number of hydrogen-bond donors (Lipinski definition) is 2. The van der Waals surface area contributed by atoms with E-state index >= 15 is 0 Å². The van der Waals surface area contributed by atoms with Crippen LogP contribution < -0.4 is 5.32 Å². The zero-order valence-corrected chi connectivity index (χ0v) is 10.3. The van der Waals surface area contributed by atoms with Gasteiger partial charge in [0.05, 0.1) is 10.6 Å². The number of hydrogen-bond acceptors (Lipinski definition) is 4. The highest BCUT2D eigenvalue weighted by atomic mass is 32.1. The Morgan fingerprint density at radius 1 is 1.33 bits per heavy atom. The van der Waals surface area contributed by atoms with Crippen LogP contribution in [0.25, 0.3) is 0 Å². The third kappa shape index (κ3) is 2.54. The molecule has 6 heteroatoms. The number of amides is 1. The summed E-state index contributed by atoms with van der Waals surface area (Å²) in [7, 11) is 0. The maximum atomic E-state index is 11.9. The van der Waals surface area contributed by atoms with Gasteiger partial charge in [0, 0.05) is 6.20 Å². The maximum absolute atomic E-state index is 11.9. The van der Waals surface area contributed by atoms with Gasteiger partial charge in [-0.15, -0.1) is 11.3 Å². The summed E-state index contributed by atoms with van der Waals surface area (Å²) in [6, 6.07) is 4.65. The van der Waals surface area contributed by atoms with Gasteiger partial charge in [0.2, 0.25) is 0 Å². The molecule has 0 bridgehead atoms. The number of carbonyl (C=O) groups excluding carboxylic acids is 1. The van der Waals surface area contributed by atoms with Crippen molar-refractivity contribution in [3.05, 3.63) is 46.6 Å². The summed E-state index contributed by atoms with van der Waals surface area (Å²) >= 11 is 1.43. The van der Waals surface area contributed by atoms with Crippen LogP contribution in [0.1, 0.15) is 26.4 Å². The zero-order valence-electron chi connectivity index (χ0n) is 9.51. The number of aromatic carboxylic acids is 1. The van der Waals surface area contributed by atoms with Crippen LogP contribution in [-0.4, -0.2) is 22.0 Å². The van der Waals surface area contributed by atoms with Gasteiger partial charge in [-0.25, -0.2) is 9.78 Å². The minimum absolute atomic E-state index is 0.0844. The molecule has 2 N–H and O–H groups in total. The number of aryl methyl sites for hydroxylation is 1. The predicted molar refractivity (Wildman–Crippen MR) is 68.2 cm³/mol. The van der Waals surface area contributed by atoms with Gasteiger partial charge >= 0.3 is 5.97 Å². The molecule has 0 aromatic carbocycles. The number of carboxylic acids is 1. The van der Waals surface area contributed by atoms with Crippen LogP contribution in [0, 0.1) is 6.92 Å². The van der Waals surface area contributed by atoms with E-state index in [4.69, 9.17) is 5.11 Å². The van der Waals surface area contributed by atoms with Crippen LogP contribution in [0.5, 0.6) is 0 Å². The molecule has 5 nitrogen and oxygen atoms in total. The van der Waals surface area contributed by atoms with Crippen LogP contribution in [0.4, 0.5) is 5.00 Å². The molecule has 0 fully saturated rings. The molecule has 2 rings (SSSR count). The number of rotatable bonds is 3. The molecule has 0 unspecified atom stereocenters. The number of aromatic nitrogens is 1. The van der Waals surface area contributed by atoms with Gasteiger partial charge in [0.15, 0.2) is 0 Å². The van der Waals surface area contributed by atoms with E-state index in [2.05, 4.69) is 10.3 Å². The van der Waals surface area contributed by atoms with Crippen LogP contribution in [0.15, 0.2) is 29.8 Å². The molecule has 0 radical (unpaired) electrons. The fraction of sp³-hybridized carbons (Fsp3) is 0.0833. The highest BCUT2D eigenvalue weighted by Gasteiger charge is 2.10. The number of anilines is 1. The fourth-order valence-electron chi connectivity index (χ4n) is 1.33. The molecule has 0 aliphatic carbocycles. The van der Waals surface area contributed by atoms with Crippen molar-refractivity contribution in [2.24, 2.45) is 0 Å². The Morgan fingerprint density at radius 2 is 2.11 bits per heavy atom. The van der Waals surface area contributed by atoms with Crippen molar-refractivity contribution in [2.45, 2.75) is 6.92 Å². The van der Waals surface area contributed by atoms with Gasteiger partial charge in [0.25, 0.3) is 5.91 Å². The van der Waals surface area contributed by atoms with E-state index in [1.54, 1.807) is 0 Å². The van der Waals surface area contributed by atoms with Crippen molar-refractivity contribution in [3.8, 4) is 0 Å². The Bertz CT molecular complexity index is 590. The van der Waals surface area contributed by atoms with E-state index in [1.165, 1.54) is 29.7 Å². The molecule has 0 saturated heterocycles. The van der Waals surface area contributed by atoms with Gasteiger partial charge in [0.1, 0.15) is 5.69 Å². The first-order chi connectivity index (χ1) is 8.58. The largest absolute Gasteiger partial charge is 0.477 e. The van der Waals surface area contributed by atoms with E-state index < -0.39 is 5.97 Å². The van der Waals surface area contributed by atoms with E-state index in [1.807, 2.05) is 18.4 Å². The Balaban J connectivity index is 2.14. The third-order valence-electron chi connectivity index (χ3n) is 2.33. The standard InChI is InChI=1S/C12H10N2O3S/c1-7-4-5-18-11(7)14-10(15)8-2-3-9(12(16)17)13-6-8/h2-6H,1H3,(H,14,15)(H,16,17). The fourth-order valence-corrected chi connectivity index (χ4v) is 2.14. The predicted octanol–water partition coefficient (Wildman–Crippen LogP) is 2.40. The lowest BCUT2D eigenvalue weighted by Gasteiger charge is -2.03. The molecule has 0 aliphatic heterocycles. The summed E-state index contributed by atoms with van der Waals surface area (Å²) in [5, 5.41) is 14.1. The van der Waals surface area contributed by atoms with Crippen LogP contribution in [0.3, 0.4) is 0 Å². The lowest BCUT2D eigenvalue weighted by atomic mass is 10.2. The minimum Gasteiger partial charge on any atom is -0.477 e. The second kappa shape index (κ2) is 4.97. The molecule has 2 aromatic heterocycles. The van der Waals surface area contributed by atoms with E-state index in [9.17, 15) is 9.59 Å². The molecule has 18 heavy (non-hydrogen) atoms. The van der Waals surface area contributed by atoms with Crippen molar-refractivity contribution in [3.63, 3.8) is 0 Å². The normalized spacial score (nSPS) is 10.1. The van der Waals surface area contributed by atoms with Crippen molar-refractivity contribution >= 4 is 28.2 Å². The van der Waals surface area contributed by atoms with E-state index in [0.717, 1.165) is 10.6 Å². The molecule has 0 aliphatic rings. The van der Waals surface area contributed by atoms with E-state index in [0.29, 0.717) is 5.56 Å². The second-order valence-electron chi connectivity index (χ2n) is 3.62. The smallest absolute Gasteiger partial charge is 0.354 e. The number of nitrogens with zero attached hydrogens (tertiary/aromatic N) is 1. The SMILES string of the molecule is Cc1ccsc1NC(=O)c1ccc(C(=O)O)nc1. The Labute approximate surface area is 107 Å². The maximum Gasteiger partial charge on any atom is 0.354 e. The molecular weight excluding hydrogens is 252 g/mol. The Kier molecular flexibility index (Phi) is 3.38. The highest BCUT2D eigenvalue weighted by Crippen LogP contribution is 2.22. The summed E-state index contributed by atoms with van der Waals surface area (Å²) in [5.74, 6) is -1.42. The van der Waals surface area contributed by atoms with Crippen molar-refractivity contribution < 1.29 is 14.7 Å². The molecule has 0 spiro atoms. The topological polar surface area (TPSA) is 79.3 Å². The highest BCUT2D eigenvalue weighted by molar-refractivity contribution is 7.14. The van der Waals surface area contributed by atoms with Gasteiger partial charge in [-0.3, -0.25) is 4.79 Å². The summed E-state index contributed by atoms with van der Waals surface area (Å²) < 4.78 is 0. The molecule has 0 atom stereocenters. The first kappa shape index (κ1) is 12.3. The minimum atomic E-state index is -1.11. The second-order valence-corrected chi connectivity index (χ2v) is 4.54. The van der Waals surface area contributed by atoms with Gasteiger partial charge in [-0.05, 0) is 36.1 Å². The number of carbonyl (C=O) groups is 2. The van der Waals surface area contributed by atoms with Crippen LogP contribution in [-0.2, 0) is 0 Å². The van der Waals surface area contributed by atoms with Crippen molar-refractivity contribution in [2.75, 3.05) is 5.32 Å². The summed E-state index contributed by atoms with van der Waals surface area (Å²) in [6.45, 7) is 1.90. The monoisotopic (exact) mass is 262 g/mol. The molecule has 2 heterocycles. The van der Waals surface area contributed by atoms with Crippen LogP contribution >= 0.6 is 11.3 Å². The summed E-state index contributed by atoms with van der Waals surface area (Å²) in [4.78, 5) is 26.2. The first-order valence-corrected chi connectivity index (χ1v) is 6.00. The molecule has 1 amide bonds. The molecule has 2 aromatic rings. The van der Waals surface area contributed by atoms with Crippen molar-refractivity contribution in [1.29, 1.82) is 0 Å². The average Bonchev–Trinajstić information content (AvgIpc) is 2.75. The first-order valence-electron chi connectivity index (χ1n) is 5.12. The molecule has 92 valence electrons. The van der Waals surface area contributed by atoms with Crippen LogP contribution in [0.2, 0.25) is 0 Å². The summed E-state index contributed by atoms with van der Waals surface area (Å²) in [5.41, 5.74) is 1.23. The van der Waals surface area contributed by atoms with Gasteiger partial charge in [-0.1, -0.05) is 0 Å². The Morgan fingerprint density at radius 3 is 2.61 bits per heavy atom. The lowest BCUT2D eigenvalue weighted by molar-refractivity contribution is 0.0690. The van der Waals surface area contributed by atoms with E-state index in [-0.39, 0.29) is 11.6 Å². The summed E-state index contributed by atoms with van der Waals surface area (Å²) in [6.07, 6.45) is 1.25. The average molecular weight is 262 g/mol.